The standard InChI is InChI=1S/C17H22O/c1-12(2)16-11-10-13(3)14(4)17(18-16)15-8-6-5-7-9-15/h5-9,12,16-17H,3-4,10-11H2,1-2H3/t16-,17+/m0/s1. The van der Waals surface area contributed by atoms with Crippen LogP contribution in [0.25, 0.3) is 0 Å². The minimum Gasteiger partial charge on any atom is -0.365 e. The summed E-state index contributed by atoms with van der Waals surface area (Å²) in [6.45, 7) is 12.8. The lowest BCUT2D eigenvalue weighted by Gasteiger charge is -2.25. The molecule has 0 saturated carbocycles. The Kier molecular flexibility index (Phi) is 4.03. The quantitative estimate of drug-likeness (QED) is 0.732. The molecule has 1 aromatic carbocycles. The predicted molar refractivity (Wildman–Crippen MR) is 76.4 cm³/mol. The summed E-state index contributed by atoms with van der Waals surface area (Å²) in [6, 6.07) is 10.3. The second kappa shape index (κ2) is 5.53. The summed E-state index contributed by atoms with van der Waals surface area (Å²) in [7, 11) is 0. The first-order valence-electron chi connectivity index (χ1n) is 6.67. The van der Waals surface area contributed by atoms with Gasteiger partial charge < -0.3 is 4.74 Å². The van der Waals surface area contributed by atoms with Crippen LogP contribution in [-0.4, -0.2) is 6.10 Å². The molecule has 1 aromatic rings. The first-order chi connectivity index (χ1) is 8.59. The zero-order valence-corrected chi connectivity index (χ0v) is 11.4. The number of benzene rings is 1. The van der Waals surface area contributed by atoms with E-state index in [0.717, 1.165) is 24.0 Å². The highest BCUT2D eigenvalue weighted by Gasteiger charge is 2.27. The molecule has 1 aliphatic heterocycles. The number of hydrogen-bond acceptors (Lipinski definition) is 1. The Morgan fingerprint density at radius 2 is 1.83 bits per heavy atom. The molecule has 1 saturated heterocycles. The average molecular weight is 242 g/mol. The van der Waals surface area contributed by atoms with Crippen LogP contribution in [0.5, 0.6) is 0 Å². The van der Waals surface area contributed by atoms with Gasteiger partial charge in [0.15, 0.2) is 0 Å². The maximum Gasteiger partial charge on any atom is 0.108 e. The molecule has 1 aliphatic rings. The first kappa shape index (κ1) is 13.1. The third-order valence-corrected chi connectivity index (χ3v) is 3.66. The lowest BCUT2D eigenvalue weighted by atomic mass is 9.95. The van der Waals surface area contributed by atoms with Crippen molar-refractivity contribution in [1.82, 2.24) is 0 Å². The summed E-state index contributed by atoms with van der Waals surface area (Å²) in [5, 5.41) is 0. The van der Waals surface area contributed by atoms with Gasteiger partial charge in [-0.25, -0.2) is 0 Å². The van der Waals surface area contributed by atoms with Gasteiger partial charge >= 0.3 is 0 Å². The van der Waals surface area contributed by atoms with Gasteiger partial charge in [0.1, 0.15) is 6.10 Å². The van der Waals surface area contributed by atoms with Crippen LogP contribution in [0.2, 0.25) is 0 Å². The Morgan fingerprint density at radius 1 is 1.17 bits per heavy atom. The van der Waals surface area contributed by atoms with Crippen molar-refractivity contribution in [2.24, 2.45) is 5.92 Å². The van der Waals surface area contributed by atoms with Gasteiger partial charge in [0.25, 0.3) is 0 Å². The molecule has 0 N–H and O–H groups in total. The third kappa shape index (κ3) is 2.73. The van der Waals surface area contributed by atoms with E-state index in [2.05, 4.69) is 39.1 Å². The summed E-state index contributed by atoms with van der Waals surface area (Å²) >= 11 is 0. The largest absolute Gasteiger partial charge is 0.365 e. The summed E-state index contributed by atoms with van der Waals surface area (Å²) in [4.78, 5) is 0. The monoisotopic (exact) mass is 242 g/mol. The molecule has 18 heavy (non-hydrogen) atoms. The molecule has 1 fully saturated rings. The second-order valence-corrected chi connectivity index (χ2v) is 5.38. The molecule has 0 unspecified atom stereocenters. The maximum atomic E-state index is 6.28. The van der Waals surface area contributed by atoms with Crippen LogP contribution >= 0.6 is 0 Å². The van der Waals surface area contributed by atoms with Crippen LogP contribution in [0.15, 0.2) is 54.6 Å². The summed E-state index contributed by atoms with van der Waals surface area (Å²) < 4.78 is 6.28. The van der Waals surface area contributed by atoms with Gasteiger partial charge in [-0.2, -0.15) is 0 Å². The molecule has 0 spiro atoms. The van der Waals surface area contributed by atoms with E-state index >= 15 is 0 Å². The highest BCUT2D eigenvalue weighted by molar-refractivity contribution is 5.36. The van der Waals surface area contributed by atoms with Crippen LogP contribution in [0.1, 0.15) is 38.4 Å². The topological polar surface area (TPSA) is 9.23 Å². The van der Waals surface area contributed by atoms with Crippen molar-refractivity contribution in [2.45, 2.75) is 38.9 Å². The van der Waals surface area contributed by atoms with E-state index < -0.39 is 0 Å². The minimum atomic E-state index is -0.0337. The first-order valence-corrected chi connectivity index (χ1v) is 6.67. The molecular weight excluding hydrogens is 220 g/mol. The van der Waals surface area contributed by atoms with Gasteiger partial charge in [0.2, 0.25) is 0 Å². The number of hydrogen-bond donors (Lipinski definition) is 0. The molecular formula is C17H22O. The Hall–Kier alpha value is -1.34. The average Bonchev–Trinajstić information content (AvgIpc) is 2.52. The van der Waals surface area contributed by atoms with Crippen molar-refractivity contribution < 1.29 is 4.74 Å². The van der Waals surface area contributed by atoms with Crippen molar-refractivity contribution in [3.63, 3.8) is 0 Å². The summed E-state index contributed by atoms with van der Waals surface area (Å²) in [6.07, 6.45) is 2.28. The van der Waals surface area contributed by atoms with Gasteiger partial charge in [-0.3, -0.25) is 0 Å². The summed E-state index contributed by atoms with van der Waals surface area (Å²) in [5.74, 6) is 0.523. The molecule has 0 bridgehead atoms. The number of ether oxygens (including phenoxy) is 1. The van der Waals surface area contributed by atoms with Crippen LogP contribution in [-0.2, 0) is 4.74 Å². The summed E-state index contributed by atoms with van der Waals surface area (Å²) in [5.41, 5.74) is 3.34. The Balaban J connectivity index is 2.29. The normalized spacial score (nSPS) is 25.3. The smallest absolute Gasteiger partial charge is 0.108 e. The van der Waals surface area contributed by atoms with Crippen LogP contribution in [0.4, 0.5) is 0 Å². The zero-order chi connectivity index (χ0) is 13.1. The van der Waals surface area contributed by atoms with Crippen LogP contribution in [0.3, 0.4) is 0 Å². The van der Waals surface area contributed by atoms with E-state index in [1.165, 1.54) is 5.56 Å². The van der Waals surface area contributed by atoms with E-state index in [1.807, 2.05) is 18.2 Å². The SMILES string of the molecule is C=C1CC[C@@H](C(C)C)O[C@@H](c2ccccc2)C1=C. The highest BCUT2D eigenvalue weighted by Crippen LogP contribution is 2.37. The molecule has 0 amide bonds. The van der Waals surface area contributed by atoms with Crippen molar-refractivity contribution >= 4 is 0 Å². The Morgan fingerprint density at radius 3 is 2.44 bits per heavy atom. The maximum absolute atomic E-state index is 6.28. The van der Waals surface area contributed by atoms with Crippen molar-refractivity contribution in [3.05, 3.63) is 60.2 Å². The molecule has 96 valence electrons. The van der Waals surface area contributed by atoms with Gasteiger partial charge in [0.05, 0.1) is 6.10 Å². The molecule has 2 rings (SSSR count). The molecule has 0 radical (unpaired) electrons. The van der Waals surface area contributed by atoms with E-state index in [-0.39, 0.29) is 12.2 Å². The second-order valence-electron chi connectivity index (χ2n) is 5.38. The van der Waals surface area contributed by atoms with Gasteiger partial charge in [-0.05, 0) is 35.5 Å². The Bertz CT molecular complexity index is 430. The fraction of sp³-hybridized carbons (Fsp3) is 0.412. The van der Waals surface area contributed by atoms with E-state index in [1.54, 1.807) is 0 Å². The lowest BCUT2D eigenvalue weighted by molar-refractivity contribution is -0.0165. The van der Waals surface area contributed by atoms with Crippen molar-refractivity contribution in [2.75, 3.05) is 0 Å². The predicted octanol–water partition coefficient (Wildman–Crippen LogP) is 4.68. The highest BCUT2D eigenvalue weighted by atomic mass is 16.5. The molecule has 1 heterocycles. The molecule has 0 aliphatic carbocycles. The van der Waals surface area contributed by atoms with E-state index in [4.69, 9.17) is 4.74 Å². The van der Waals surface area contributed by atoms with Crippen LogP contribution < -0.4 is 0 Å². The number of rotatable bonds is 2. The van der Waals surface area contributed by atoms with Crippen molar-refractivity contribution in [1.29, 1.82) is 0 Å². The van der Waals surface area contributed by atoms with Gasteiger partial charge in [0, 0.05) is 0 Å². The molecule has 2 atom stereocenters. The fourth-order valence-corrected chi connectivity index (χ4v) is 2.39. The third-order valence-electron chi connectivity index (χ3n) is 3.66. The van der Waals surface area contributed by atoms with E-state index in [0.29, 0.717) is 5.92 Å². The minimum absolute atomic E-state index is 0.0337. The van der Waals surface area contributed by atoms with Gasteiger partial charge in [-0.1, -0.05) is 57.3 Å². The van der Waals surface area contributed by atoms with Crippen molar-refractivity contribution in [3.8, 4) is 0 Å². The molecule has 1 heteroatoms. The molecule has 0 aromatic heterocycles. The lowest BCUT2D eigenvalue weighted by Crippen LogP contribution is -2.21. The Labute approximate surface area is 110 Å². The zero-order valence-electron chi connectivity index (χ0n) is 11.4. The van der Waals surface area contributed by atoms with Gasteiger partial charge in [-0.15, -0.1) is 0 Å². The van der Waals surface area contributed by atoms with E-state index in [9.17, 15) is 0 Å². The van der Waals surface area contributed by atoms with Crippen LogP contribution in [0, 0.1) is 5.92 Å². The molecule has 1 nitrogen and oxygen atoms in total. The fourth-order valence-electron chi connectivity index (χ4n) is 2.39.